The fourth-order valence-corrected chi connectivity index (χ4v) is 4.50. The number of benzene rings is 2. The van der Waals surface area contributed by atoms with E-state index in [1.165, 1.54) is 12.4 Å². The number of nitrogens with zero attached hydrogens (tertiary/aromatic N) is 4. The number of nitrogens with two attached hydrogens (primary N) is 1. The maximum atomic E-state index is 14.0. The Morgan fingerprint density at radius 3 is 2.79 bits per heavy atom. The molecule has 34 heavy (non-hydrogen) atoms. The van der Waals surface area contributed by atoms with Gasteiger partial charge in [0, 0.05) is 35.4 Å². The molecule has 0 radical (unpaired) electrons. The highest BCUT2D eigenvalue weighted by molar-refractivity contribution is 6.31. The third-order valence-electron chi connectivity index (χ3n) is 6.30. The summed E-state index contributed by atoms with van der Waals surface area (Å²) < 4.78 is 14.0. The molecule has 2 aromatic carbocycles. The third kappa shape index (κ3) is 3.60. The number of amides is 1. The first kappa shape index (κ1) is 20.8. The summed E-state index contributed by atoms with van der Waals surface area (Å²) in [5.41, 5.74) is 10.5. The van der Waals surface area contributed by atoms with Crippen LogP contribution in [0.3, 0.4) is 0 Å². The molecular weight excluding hydrogens is 455 g/mol. The molecule has 1 fully saturated rings. The van der Waals surface area contributed by atoms with Gasteiger partial charge in [0.15, 0.2) is 0 Å². The lowest BCUT2D eigenvalue weighted by molar-refractivity contribution is 0.0951. The Balaban J connectivity index is 1.43. The highest BCUT2D eigenvalue weighted by atomic mass is 35.5. The second kappa shape index (κ2) is 7.92. The average Bonchev–Trinajstić information content (AvgIpc) is 3.57. The normalized spacial score (nSPS) is 14.9. The molecule has 9 heteroatoms. The van der Waals surface area contributed by atoms with Gasteiger partial charge in [-0.3, -0.25) is 4.79 Å². The fraction of sp³-hybridized carbons (Fsp3) is 0.200. The van der Waals surface area contributed by atoms with Crippen LogP contribution in [-0.4, -0.2) is 33.4 Å². The molecule has 3 N–H and O–H groups in total. The Kier molecular flexibility index (Phi) is 4.84. The Labute approximate surface area is 199 Å². The van der Waals surface area contributed by atoms with E-state index in [-0.39, 0.29) is 22.8 Å². The number of nitrogen functional groups attached to an aromatic ring is 1. The van der Waals surface area contributed by atoms with Crippen LogP contribution >= 0.6 is 11.6 Å². The van der Waals surface area contributed by atoms with E-state index in [0.717, 1.165) is 46.1 Å². The molecule has 0 bridgehead atoms. The number of hydrogen-bond donors (Lipinski definition) is 2. The lowest BCUT2D eigenvalue weighted by Gasteiger charge is -2.20. The Morgan fingerprint density at radius 1 is 1.12 bits per heavy atom. The van der Waals surface area contributed by atoms with Crippen LogP contribution < -0.4 is 16.0 Å². The zero-order valence-electron chi connectivity index (χ0n) is 18.1. The van der Waals surface area contributed by atoms with E-state index < -0.39 is 5.82 Å². The second-order valence-electron chi connectivity index (χ2n) is 8.63. The van der Waals surface area contributed by atoms with E-state index in [1.807, 2.05) is 23.1 Å². The van der Waals surface area contributed by atoms with Crippen LogP contribution in [0.4, 0.5) is 21.7 Å². The minimum atomic E-state index is -0.422. The molecule has 0 atom stereocenters. The van der Waals surface area contributed by atoms with Crippen LogP contribution in [-0.2, 0) is 6.42 Å². The van der Waals surface area contributed by atoms with Crippen LogP contribution in [0.25, 0.3) is 22.0 Å². The molecule has 1 aliphatic carbocycles. The van der Waals surface area contributed by atoms with Crippen molar-refractivity contribution >= 4 is 45.7 Å². The predicted octanol–water partition coefficient (Wildman–Crippen LogP) is 4.65. The molecule has 2 aromatic heterocycles. The number of nitrogens with one attached hydrogen (secondary N) is 1. The Hall–Kier alpha value is -3.78. The van der Waals surface area contributed by atoms with E-state index in [0.29, 0.717) is 24.3 Å². The Bertz CT molecular complexity index is 1470. The van der Waals surface area contributed by atoms with Gasteiger partial charge in [-0.05, 0) is 60.7 Å². The van der Waals surface area contributed by atoms with Gasteiger partial charge in [0.05, 0.1) is 16.1 Å². The van der Waals surface area contributed by atoms with Crippen molar-refractivity contribution in [1.82, 2.24) is 20.3 Å². The van der Waals surface area contributed by atoms with Crippen molar-refractivity contribution in [3.63, 3.8) is 0 Å². The number of hydrogen-bond acceptors (Lipinski definition) is 6. The molecular formula is C25H20ClFN6O. The van der Waals surface area contributed by atoms with Crippen LogP contribution in [0.2, 0.25) is 5.02 Å². The maximum Gasteiger partial charge on any atom is 0.255 e. The first-order valence-corrected chi connectivity index (χ1v) is 11.4. The van der Waals surface area contributed by atoms with Crippen molar-refractivity contribution < 1.29 is 9.18 Å². The van der Waals surface area contributed by atoms with E-state index in [2.05, 4.69) is 20.3 Å². The summed E-state index contributed by atoms with van der Waals surface area (Å²) in [5, 5.41) is 3.87. The number of fused-ring (bicyclic) bond motifs is 2. The number of carbonyl (C=O) groups is 1. The van der Waals surface area contributed by atoms with Crippen LogP contribution in [0.15, 0.2) is 48.9 Å². The number of aromatic nitrogens is 3. The van der Waals surface area contributed by atoms with Crippen molar-refractivity contribution in [2.45, 2.75) is 25.3 Å². The summed E-state index contributed by atoms with van der Waals surface area (Å²) >= 11 is 6.07. The van der Waals surface area contributed by atoms with E-state index in [9.17, 15) is 9.18 Å². The summed E-state index contributed by atoms with van der Waals surface area (Å²) in [6, 6.07) is 10.9. The van der Waals surface area contributed by atoms with E-state index in [4.69, 9.17) is 17.3 Å². The monoisotopic (exact) mass is 474 g/mol. The van der Waals surface area contributed by atoms with Gasteiger partial charge in [-0.25, -0.2) is 19.3 Å². The molecule has 6 rings (SSSR count). The van der Waals surface area contributed by atoms with Crippen molar-refractivity contribution in [1.29, 1.82) is 0 Å². The second-order valence-corrected chi connectivity index (χ2v) is 9.04. The molecule has 0 saturated heterocycles. The zero-order valence-corrected chi connectivity index (χ0v) is 18.8. The van der Waals surface area contributed by atoms with Gasteiger partial charge < -0.3 is 16.0 Å². The van der Waals surface area contributed by atoms with Crippen LogP contribution in [0.5, 0.6) is 0 Å². The van der Waals surface area contributed by atoms with Gasteiger partial charge >= 0.3 is 0 Å². The number of pyridine rings is 1. The topological polar surface area (TPSA) is 97.0 Å². The molecule has 7 nitrogen and oxygen atoms in total. The quantitative estimate of drug-likeness (QED) is 0.446. The lowest BCUT2D eigenvalue weighted by Crippen LogP contribution is -2.26. The molecule has 4 aromatic rings. The molecule has 2 aliphatic rings. The number of halogens is 2. The first-order chi connectivity index (χ1) is 16.5. The van der Waals surface area contributed by atoms with E-state index in [1.54, 1.807) is 18.3 Å². The summed E-state index contributed by atoms with van der Waals surface area (Å²) in [6.45, 7) is 0.653. The number of rotatable bonds is 4. The highest BCUT2D eigenvalue weighted by Crippen LogP contribution is 2.39. The number of anilines is 3. The van der Waals surface area contributed by atoms with Gasteiger partial charge in [0.25, 0.3) is 5.91 Å². The SMILES string of the molecule is Nc1ncc(-c2ccc3ncnc(N4CCc5cc(F)c(Cl)cc54)c3c2)cc1C(=O)NC1CC1. The summed E-state index contributed by atoms with van der Waals surface area (Å²) in [6.07, 6.45) is 5.84. The average molecular weight is 475 g/mol. The van der Waals surface area contributed by atoms with Crippen molar-refractivity contribution in [3.8, 4) is 11.1 Å². The molecule has 1 saturated carbocycles. The highest BCUT2D eigenvalue weighted by Gasteiger charge is 2.26. The standard InChI is InChI=1S/C25H20ClFN6O/c26-19-10-22-14(9-20(19)27)5-6-33(22)24-17-7-13(1-4-21(17)30-12-31-24)15-8-18(23(28)29-11-15)25(34)32-16-2-3-16/h1,4,7-12,16H,2-3,5-6H2,(H2,28,29)(H,32,34). The van der Waals surface area contributed by atoms with Gasteiger partial charge in [-0.15, -0.1) is 0 Å². The van der Waals surface area contributed by atoms with Gasteiger partial charge in [-0.2, -0.15) is 0 Å². The Morgan fingerprint density at radius 2 is 1.97 bits per heavy atom. The van der Waals surface area contributed by atoms with Crippen LogP contribution in [0.1, 0.15) is 28.8 Å². The maximum absolute atomic E-state index is 14.0. The molecule has 0 spiro atoms. The summed E-state index contributed by atoms with van der Waals surface area (Å²) in [7, 11) is 0. The minimum Gasteiger partial charge on any atom is -0.383 e. The largest absolute Gasteiger partial charge is 0.383 e. The van der Waals surface area contributed by atoms with Crippen molar-refractivity contribution in [2.75, 3.05) is 17.2 Å². The minimum absolute atomic E-state index is 0.0784. The molecule has 170 valence electrons. The van der Waals surface area contributed by atoms with E-state index >= 15 is 0 Å². The number of carbonyl (C=O) groups excluding carboxylic acids is 1. The summed E-state index contributed by atoms with van der Waals surface area (Å²) in [5.74, 6) is 0.277. The first-order valence-electron chi connectivity index (χ1n) is 11.0. The fourth-order valence-electron chi connectivity index (χ4n) is 4.35. The lowest BCUT2D eigenvalue weighted by atomic mass is 10.0. The zero-order chi connectivity index (χ0) is 23.4. The third-order valence-corrected chi connectivity index (χ3v) is 6.59. The van der Waals surface area contributed by atoms with Crippen molar-refractivity contribution in [3.05, 3.63) is 70.9 Å². The van der Waals surface area contributed by atoms with Gasteiger partial charge in [0.1, 0.15) is 23.8 Å². The molecule has 1 aliphatic heterocycles. The molecule has 0 unspecified atom stereocenters. The van der Waals surface area contributed by atoms with Crippen molar-refractivity contribution in [2.24, 2.45) is 0 Å². The molecule has 1 amide bonds. The molecule has 3 heterocycles. The predicted molar refractivity (Wildman–Crippen MR) is 130 cm³/mol. The summed E-state index contributed by atoms with van der Waals surface area (Å²) in [4.78, 5) is 27.9. The smallest absolute Gasteiger partial charge is 0.255 e. The van der Waals surface area contributed by atoms with Gasteiger partial charge in [0.2, 0.25) is 0 Å². The van der Waals surface area contributed by atoms with Gasteiger partial charge in [-0.1, -0.05) is 17.7 Å². The van der Waals surface area contributed by atoms with Crippen LogP contribution in [0, 0.1) is 5.82 Å².